The average molecular weight is 1620 g/mol. The molecule has 1 rings (SSSR count). The molecule has 0 spiro atoms. The molecule has 7 atom stereocenters. The third kappa shape index (κ3) is 83.9. The summed E-state index contributed by atoms with van der Waals surface area (Å²) in [5.74, 6) is -8.88. The summed E-state index contributed by atoms with van der Waals surface area (Å²) in [6, 6.07) is 0. The van der Waals surface area contributed by atoms with Gasteiger partial charge in [0.15, 0.2) is 39.2 Å². The lowest BCUT2D eigenvalue weighted by atomic mass is 10.2. The van der Waals surface area contributed by atoms with Crippen LogP contribution in [0.2, 0.25) is 0 Å². The van der Waals surface area contributed by atoms with Gasteiger partial charge < -0.3 is 121 Å². The van der Waals surface area contributed by atoms with Crippen LogP contribution >= 0.6 is 0 Å². The molecule has 40 heteroatoms. The molecule has 0 amide bonds. The number of aliphatic carboxylic acids is 1. The number of aliphatic hydroxyl groups is 6. The van der Waals surface area contributed by atoms with Gasteiger partial charge in [0.05, 0.1) is 84.6 Å². The van der Waals surface area contributed by atoms with Gasteiger partial charge in [0.25, 0.3) is 6.47 Å². The first kappa shape index (κ1) is 120. The lowest BCUT2D eigenvalue weighted by Gasteiger charge is -2.17. The number of aliphatic hydroxyl groups excluding tert-OH is 6. The van der Waals surface area contributed by atoms with Crippen LogP contribution in [-0.4, -0.2) is 267 Å². The molecule has 1 fully saturated rings. The van der Waals surface area contributed by atoms with Crippen LogP contribution in [0.1, 0.15) is 149 Å². The van der Waals surface area contributed by atoms with Gasteiger partial charge in [-0.25, -0.2) is 33.6 Å². The van der Waals surface area contributed by atoms with E-state index in [4.69, 9.17) is 72.6 Å². The molecule has 112 heavy (non-hydrogen) atoms. The monoisotopic (exact) mass is 1620 g/mol. The highest BCUT2D eigenvalue weighted by molar-refractivity contribution is 5.89. The quantitative estimate of drug-likeness (QED) is 0.0108. The second kappa shape index (κ2) is 76.2. The largest absolute Gasteiger partial charge is 0.483 e. The number of epoxide rings is 1. The van der Waals surface area contributed by atoms with Crippen molar-refractivity contribution >= 4 is 90.0 Å². The standard InChI is InChI=1S/C20H30O10.C19H28O11.2C9H14O6.C8H12O3.C3H6O2.CH2O2.3CH4/c1-13(2)19(25)27-9-7-15(11-21)29-17(23)5-6-18(24)30-16(12-22)8-10-28-20(26)14(3)4;1-12(2)18(24)26-8-7-14(9-20)30-16(22)6-5-15(21)27-10-17(23)28-11-29-19(25)13(3)4;2*1-6(2)9(12)15-5-14-8(11)4-13-7(3)10;1-6(2)8(9)10-4-3-7-5-11-7;1-2-3(4)5;2-1-3;;;/h15-16,21-22H,1,3,5-12H2,2,4H3;14,17,20,23H,1,3,5-11H2,2,4H3;2*8,11H,1,4-5H2,2-3H3;7H,1,3-5H2,2H3;2H2,1H3,(H,4,5);1H,(H,2,3);3*1H4. The van der Waals surface area contributed by atoms with Crippen LogP contribution in [0.3, 0.4) is 0 Å². The first-order valence-electron chi connectivity index (χ1n) is 32.3. The van der Waals surface area contributed by atoms with E-state index in [1.165, 1.54) is 55.4 Å². The van der Waals surface area contributed by atoms with Crippen molar-refractivity contribution in [1.29, 1.82) is 0 Å². The van der Waals surface area contributed by atoms with Crippen molar-refractivity contribution in [2.75, 3.05) is 93.1 Å². The number of hydrogen-bond donors (Lipinski definition) is 8. The molecule has 0 aromatic heterocycles. The Morgan fingerprint density at radius 3 is 0.812 bits per heavy atom. The Morgan fingerprint density at radius 1 is 0.393 bits per heavy atom. The molecule has 8 N–H and O–H groups in total. The normalized spacial score (nSPS) is 12.2. The summed E-state index contributed by atoms with van der Waals surface area (Å²) in [6.45, 7) is 35.1. The second-order valence-electron chi connectivity index (χ2n) is 21.7. The molecule has 0 aromatic carbocycles. The van der Waals surface area contributed by atoms with Crippen molar-refractivity contribution in [2.45, 2.75) is 193 Å². The first-order chi connectivity index (χ1) is 50.9. The number of carboxylic acids is 1. The zero-order valence-corrected chi connectivity index (χ0v) is 63.0. The molecule has 0 aliphatic carbocycles. The van der Waals surface area contributed by atoms with Crippen molar-refractivity contribution in [2.24, 2.45) is 0 Å². The van der Waals surface area contributed by atoms with Crippen LogP contribution in [0.5, 0.6) is 0 Å². The van der Waals surface area contributed by atoms with Gasteiger partial charge in [-0.2, -0.15) is 0 Å². The Kier molecular flexibility index (Phi) is 81.7. The molecule has 646 valence electrons. The van der Waals surface area contributed by atoms with Crippen molar-refractivity contribution in [3.63, 3.8) is 0 Å². The van der Waals surface area contributed by atoms with Crippen LogP contribution in [-0.2, 0) is 152 Å². The average Bonchev–Trinajstić information content (AvgIpc) is 1.82. The fourth-order valence-electron chi connectivity index (χ4n) is 5.19. The highest BCUT2D eigenvalue weighted by Gasteiger charge is 2.24. The van der Waals surface area contributed by atoms with Gasteiger partial charge in [-0.05, 0) is 48.5 Å². The van der Waals surface area contributed by atoms with Gasteiger partial charge in [0, 0.05) is 85.0 Å². The Labute approximate surface area is 652 Å². The summed E-state index contributed by atoms with van der Waals surface area (Å²) < 4.78 is 80.5. The van der Waals surface area contributed by atoms with Gasteiger partial charge in [-0.3, -0.25) is 38.4 Å². The zero-order chi connectivity index (χ0) is 85.2. The summed E-state index contributed by atoms with van der Waals surface area (Å²) in [4.78, 5) is 163. The number of esters is 13. The molecule has 0 bridgehead atoms. The topological polar surface area (TPSA) is 578 Å². The summed E-state index contributed by atoms with van der Waals surface area (Å²) in [5, 5.41) is 69.8. The Hall–Kier alpha value is -10.2. The second-order valence-corrected chi connectivity index (χ2v) is 21.7. The van der Waals surface area contributed by atoms with E-state index >= 15 is 0 Å². The van der Waals surface area contributed by atoms with E-state index in [-0.39, 0.29) is 153 Å². The fourth-order valence-corrected chi connectivity index (χ4v) is 5.19. The molecule has 1 aliphatic rings. The molecule has 1 saturated heterocycles. The van der Waals surface area contributed by atoms with Crippen LogP contribution in [0.15, 0.2) is 85.1 Å². The highest BCUT2D eigenvalue weighted by atomic mass is 16.8. The molecule has 1 aliphatic heterocycles. The maximum Gasteiger partial charge on any atom is 0.335 e. The molecule has 0 aromatic rings. The van der Waals surface area contributed by atoms with Gasteiger partial charge >= 0.3 is 83.6 Å². The van der Waals surface area contributed by atoms with Gasteiger partial charge in [-0.15, -0.1) is 0 Å². The van der Waals surface area contributed by atoms with Gasteiger partial charge in [0.1, 0.15) is 38.1 Å². The van der Waals surface area contributed by atoms with Gasteiger partial charge in [-0.1, -0.05) is 75.3 Å². The lowest BCUT2D eigenvalue weighted by molar-refractivity contribution is -0.198. The van der Waals surface area contributed by atoms with Crippen LogP contribution in [0, 0.1) is 0 Å². The van der Waals surface area contributed by atoms with E-state index in [9.17, 15) is 87.5 Å². The molecule has 0 saturated carbocycles. The van der Waals surface area contributed by atoms with E-state index in [0.29, 0.717) is 18.3 Å². The molecule has 40 nitrogen and oxygen atoms in total. The minimum Gasteiger partial charge on any atom is -0.483 e. The maximum absolute atomic E-state index is 11.8. The molecular weight excluding hydrogens is 1500 g/mol. The molecule has 0 radical (unpaired) electrons. The van der Waals surface area contributed by atoms with E-state index in [0.717, 1.165) is 13.0 Å². The van der Waals surface area contributed by atoms with Crippen molar-refractivity contribution in [3.8, 4) is 0 Å². The minimum absolute atomic E-state index is 0. The minimum atomic E-state index is -1.53. The number of carbonyl (C=O) groups excluding carboxylic acids is 13. The Morgan fingerprint density at radius 2 is 0.607 bits per heavy atom. The number of ether oxygens (including phenoxy) is 17. The summed E-state index contributed by atoms with van der Waals surface area (Å²) >= 11 is 0. The number of carbonyl (C=O) groups is 15. The van der Waals surface area contributed by atoms with Crippen LogP contribution in [0.4, 0.5) is 0 Å². The SMILES string of the molecule is C.C.C.C=C(C)C(=O)OCCC(CO)OC(=O)CCC(=O)OC(CO)CCOC(=O)C(=C)C.C=C(C)C(=O)OCCC(CO)OC(=O)CCC(=O)OCC(O)OCOC(=O)C(=C)C.C=C(C)C(=O)OCCC1CO1.C=C(C)C(=O)OCOC(O)COC(C)=O.C=C(C)C(=O)OCOC(O)COC(C)=O.CCC(=O)O.O=CO. The third-order valence-electron chi connectivity index (χ3n) is 11.0. The summed E-state index contributed by atoms with van der Waals surface area (Å²) in [6.07, 6.45) is -6.50. The number of carboxylic acid groups (broad SMARTS) is 2. The Bertz CT molecular complexity index is 2790. The third-order valence-corrected chi connectivity index (χ3v) is 11.0. The smallest absolute Gasteiger partial charge is 0.335 e. The molecule has 1 heterocycles. The van der Waals surface area contributed by atoms with Crippen molar-refractivity contribution in [3.05, 3.63) is 85.1 Å². The van der Waals surface area contributed by atoms with E-state index in [2.05, 4.69) is 79.2 Å². The van der Waals surface area contributed by atoms with E-state index in [1.807, 2.05) is 0 Å². The van der Waals surface area contributed by atoms with E-state index < -0.39 is 162 Å². The molecule has 7 unspecified atom stereocenters. The Balaban J connectivity index is -0.000000171. The van der Waals surface area contributed by atoms with Crippen LogP contribution in [0.25, 0.3) is 0 Å². The zero-order valence-electron chi connectivity index (χ0n) is 63.0. The maximum atomic E-state index is 11.8. The fraction of sp³-hybridized carbons (Fsp3) is 0.597. The predicted octanol–water partition coefficient (Wildman–Crippen LogP) is 3.64. The van der Waals surface area contributed by atoms with Gasteiger partial charge in [0.2, 0.25) is 0 Å². The first-order valence-corrected chi connectivity index (χ1v) is 32.3. The predicted molar refractivity (Wildman–Crippen MR) is 390 cm³/mol. The summed E-state index contributed by atoms with van der Waals surface area (Å²) in [5.41, 5.74) is 1.72. The van der Waals surface area contributed by atoms with Crippen LogP contribution < -0.4 is 0 Å². The van der Waals surface area contributed by atoms with Crippen molar-refractivity contribution in [1.82, 2.24) is 0 Å². The van der Waals surface area contributed by atoms with Crippen molar-refractivity contribution < 1.29 is 193 Å². The lowest BCUT2D eigenvalue weighted by Crippen LogP contribution is -2.26. The molecular formula is C72H118O40. The highest BCUT2D eigenvalue weighted by Crippen LogP contribution is 2.14. The number of hydrogen-bond acceptors (Lipinski definition) is 38. The van der Waals surface area contributed by atoms with E-state index in [1.54, 1.807) is 13.8 Å². The number of rotatable bonds is 47. The summed E-state index contributed by atoms with van der Waals surface area (Å²) in [7, 11) is 0.